The molecule has 0 aliphatic heterocycles. The number of aromatic hydroxyl groups is 1. The van der Waals surface area contributed by atoms with Crippen LogP contribution in [-0.2, 0) is 22.6 Å². The molecule has 134 valence electrons. The first kappa shape index (κ1) is 17.7. The molecule has 5 nitrogen and oxygen atoms in total. The van der Waals surface area contributed by atoms with Crippen LogP contribution in [0, 0.1) is 0 Å². The number of aryl methyl sites for hydroxylation is 1. The fraction of sp³-hybridized carbons (Fsp3) is 0.238. The first-order valence-electron chi connectivity index (χ1n) is 8.60. The monoisotopic (exact) mass is 351 g/mol. The Bertz CT molecular complexity index is 893. The van der Waals surface area contributed by atoms with Gasteiger partial charge in [0.1, 0.15) is 12.4 Å². The molecule has 0 fully saturated rings. The lowest BCUT2D eigenvalue weighted by molar-refractivity contribution is -0.143. The fourth-order valence-corrected chi connectivity index (χ4v) is 2.67. The number of ether oxygens (including phenoxy) is 2. The quantitative estimate of drug-likeness (QED) is 0.651. The molecule has 5 heteroatoms. The van der Waals surface area contributed by atoms with Crippen LogP contribution in [-0.4, -0.2) is 22.7 Å². The summed E-state index contributed by atoms with van der Waals surface area (Å²) in [5.41, 5.74) is 2.36. The second-order valence-electron chi connectivity index (χ2n) is 5.90. The Labute approximate surface area is 152 Å². The molecule has 0 bridgehead atoms. The molecule has 26 heavy (non-hydrogen) atoms. The van der Waals surface area contributed by atoms with E-state index in [0.717, 1.165) is 10.9 Å². The van der Waals surface area contributed by atoms with Crippen LogP contribution in [0.2, 0.25) is 0 Å². The van der Waals surface area contributed by atoms with E-state index in [1.165, 1.54) is 0 Å². The molecule has 3 aromatic rings. The third-order valence-corrected chi connectivity index (χ3v) is 4.00. The number of nitrogens with zero attached hydrogens (tertiary/aromatic N) is 1. The molecular weight excluding hydrogens is 330 g/mol. The molecule has 0 saturated carbocycles. The van der Waals surface area contributed by atoms with Crippen molar-refractivity contribution in [2.24, 2.45) is 0 Å². The standard InChI is InChI=1S/C21H21NO4/c1-2-25-20(23)11-9-17-12-16-8-10-18(13-19(16)22-21(17)24)26-14-15-6-4-3-5-7-15/h3-8,10,12-13H,2,9,11,14H2,1H3,(H,22,24). The van der Waals surface area contributed by atoms with Crippen LogP contribution in [0.3, 0.4) is 0 Å². The number of fused-ring (bicyclic) bond motifs is 1. The summed E-state index contributed by atoms with van der Waals surface area (Å²) >= 11 is 0. The van der Waals surface area contributed by atoms with Crippen molar-refractivity contribution in [3.8, 4) is 11.6 Å². The van der Waals surface area contributed by atoms with Gasteiger partial charge < -0.3 is 14.6 Å². The van der Waals surface area contributed by atoms with Gasteiger partial charge in [-0.25, -0.2) is 4.98 Å². The summed E-state index contributed by atoms with van der Waals surface area (Å²) in [5.74, 6) is 0.339. The predicted molar refractivity (Wildman–Crippen MR) is 99.1 cm³/mol. The van der Waals surface area contributed by atoms with Crippen molar-refractivity contribution in [3.63, 3.8) is 0 Å². The van der Waals surface area contributed by atoms with E-state index in [1.807, 2.05) is 48.5 Å². The summed E-state index contributed by atoms with van der Waals surface area (Å²) in [4.78, 5) is 15.7. The van der Waals surface area contributed by atoms with Crippen LogP contribution in [0.5, 0.6) is 11.6 Å². The number of hydrogen-bond acceptors (Lipinski definition) is 5. The zero-order chi connectivity index (χ0) is 18.4. The van der Waals surface area contributed by atoms with Crippen molar-refractivity contribution < 1.29 is 19.4 Å². The molecule has 0 atom stereocenters. The molecule has 0 amide bonds. The van der Waals surface area contributed by atoms with Crippen LogP contribution in [0.4, 0.5) is 0 Å². The van der Waals surface area contributed by atoms with Gasteiger partial charge in [-0.3, -0.25) is 4.79 Å². The van der Waals surface area contributed by atoms with E-state index >= 15 is 0 Å². The third kappa shape index (κ3) is 4.51. The molecule has 0 aliphatic rings. The molecule has 0 radical (unpaired) electrons. The highest BCUT2D eigenvalue weighted by molar-refractivity contribution is 5.81. The number of carbonyl (C=O) groups excluding carboxylic acids is 1. The highest BCUT2D eigenvalue weighted by Crippen LogP contribution is 2.26. The van der Waals surface area contributed by atoms with E-state index in [9.17, 15) is 9.90 Å². The Hall–Kier alpha value is -3.08. The average molecular weight is 351 g/mol. The molecule has 1 N–H and O–H groups in total. The molecule has 1 heterocycles. The number of carbonyl (C=O) groups is 1. The second kappa shape index (κ2) is 8.34. The Morgan fingerprint density at radius 2 is 1.92 bits per heavy atom. The molecule has 0 unspecified atom stereocenters. The number of hydrogen-bond donors (Lipinski definition) is 1. The first-order valence-corrected chi connectivity index (χ1v) is 8.60. The van der Waals surface area contributed by atoms with Gasteiger partial charge in [0, 0.05) is 23.4 Å². The van der Waals surface area contributed by atoms with E-state index < -0.39 is 0 Å². The summed E-state index contributed by atoms with van der Waals surface area (Å²) in [6.45, 7) is 2.59. The predicted octanol–water partition coefficient (Wildman–Crippen LogP) is 4.02. The van der Waals surface area contributed by atoms with E-state index in [1.54, 1.807) is 13.0 Å². The maximum Gasteiger partial charge on any atom is 0.306 e. The topological polar surface area (TPSA) is 68.7 Å². The molecule has 3 rings (SSSR count). The highest BCUT2D eigenvalue weighted by atomic mass is 16.5. The molecule has 2 aromatic carbocycles. The summed E-state index contributed by atoms with van der Waals surface area (Å²) in [6, 6.07) is 17.3. The van der Waals surface area contributed by atoms with E-state index in [4.69, 9.17) is 9.47 Å². The highest BCUT2D eigenvalue weighted by Gasteiger charge is 2.10. The maximum atomic E-state index is 11.5. The van der Waals surface area contributed by atoms with Gasteiger partial charge in [0.15, 0.2) is 0 Å². The Morgan fingerprint density at radius 1 is 1.12 bits per heavy atom. The fourth-order valence-electron chi connectivity index (χ4n) is 2.67. The van der Waals surface area contributed by atoms with Crippen molar-refractivity contribution >= 4 is 16.9 Å². The average Bonchev–Trinajstić information content (AvgIpc) is 2.65. The van der Waals surface area contributed by atoms with E-state index in [-0.39, 0.29) is 18.3 Å². The second-order valence-corrected chi connectivity index (χ2v) is 5.90. The lowest BCUT2D eigenvalue weighted by Gasteiger charge is -2.09. The molecule has 1 aromatic heterocycles. The van der Waals surface area contributed by atoms with Crippen molar-refractivity contribution in [2.75, 3.05) is 6.61 Å². The lowest BCUT2D eigenvalue weighted by atomic mass is 10.1. The maximum absolute atomic E-state index is 11.5. The van der Waals surface area contributed by atoms with E-state index in [0.29, 0.717) is 36.5 Å². The number of benzene rings is 2. The molecular formula is C21H21NO4. The van der Waals surface area contributed by atoms with Crippen molar-refractivity contribution in [2.45, 2.75) is 26.4 Å². The number of aromatic nitrogens is 1. The lowest BCUT2D eigenvalue weighted by Crippen LogP contribution is -2.05. The minimum atomic E-state index is -0.281. The first-order chi connectivity index (χ1) is 12.7. The smallest absolute Gasteiger partial charge is 0.306 e. The van der Waals surface area contributed by atoms with Gasteiger partial charge in [-0.05, 0) is 37.1 Å². The zero-order valence-electron chi connectivity index (χ0n) is 14.6. The Kier molecular flexibility index (Phi) is 5.69. The number of rotatable bonds is 7. The van der Waals surface area contributed by atoms with Gasteiger partial charge in [-0.15, -0.1) is 0 Å². The summed E-state index contributed by atoms with van der Waals surface area (Å²) < 4.78 is 10.7. The molecule has 0 aliphatic carbocycles. The van der Waals surface area contributed by atoms with Crippen LogP contribution in [0.15, 0.2) is 54.6 Å². The summed E-state index contributed by atoms with van der Waals surface area (Å²) in [5, 5.41) is 11.0. The van der Waals surface area contributed by atoms with Gasteiger partial charge in [-0.1, -0.05) is 30.3 Å². The third-order valence-electron chi connectivity index (χ3n) is 4.00. The van der Waals surface area contributed by atoms with Crippen molar-refractivity contribution in [1.29, 1.82) is 0 Å². The Morgan fingerprint density at radius 3 is 2.69 bits per heavy atom. The summed E-state index contributed by atoms with van der Waals surface area (Å²) in [6.07, 6.45) is 0.604. The van der Waals surface area contributed by atoms with Gasteiger partial charge >= 0.3 is 5.97 Å². The van der Waals surface area contributed by atoms with Gasteiger partial charge in [0.2, 0.25) is 5.88 Å². The number of pyridine rings is 1. The largest absolute Gasteiger partial charge is 0.493 e. The van der Waals surface area contributed by atoms with Gasteiger partial charge in [0.05, 0.1) is 12.1 Å². The van der Waals surface area contributed by atoms with Gasteiger partial charge in [0.25, 0.3) is 0 Å². The summed E-state index contributed by atoms with van der Waals surface area (Å²) in [7, 11) is 0. The van der Waals surface area contributed by atoms with Crippen LogP contribution in [0.25, 0.3) is 10.9 Å². The molecule has 0 spiro atoms. The zero-order valence-corrected chi connectivity index (χ0v) is 14.6. The van der Waals surface area contributed by atoms with Crippen LogP contribution in [0.1, 0.15) is 24.5 Å². The van der Waals surface area contributed by atoms with Crippen molar-refractivity contribution in [3.05, 3.63) is 65.7 Å². The normalized spacial score (nSPS) is 10.7. The molecule has 0 saturated heterocycles. The minimum absolute atomic E-state index is 0.0676. The van der Waals surface area contributed by atoms with Crippen LogP contribution >= 0.6 is 0 Å². The van der Waals surface area contributed by atoms with Crippen molar-refractivity contribution in [1.82, 2.24) is 4.98 Å². The van der Waals surface area contributed by atoms with Crippen LogP contribution < -0.4 is 4.74 Å². The van der Waals surface area contributed by atoms with Gasteiger partial charge in [-0.2, -0.15) is 0 Å². The number of esters is 1. The van der Waals surface area contributed by atoms with E-state index in [2.05, 4.69) is 4.98 Å². The SMILES string of the molecule is CCOC(=O)CCc1cc2ccc(OCc3ccccc3)cc2nc1O. The Balaban J connectivity index is 1.72. The minimum Gasteiger partial charge on any atom is -0.493 e.